The Morgan fingerprint density at radius 2 is 1.62 bits per heavy atom. The summed E-state index contributed by atoms with van der Waals surface area (Å²) in [6.45, 7) is 0. The maximum absolute atomic E-state index is 12.7. The summed E-state index contributed by atoms with van der Waals surface area (Å²) in [5.74, 6) is 0.961. The first-order valence-corrected chi connectivity index (χ1v) is 7.09. The van der Waals surface area contributed by atoms with Crippen molar-refractivity contribution < 1.29 is 17.9 Å². The number of hydrogen-bond acceptors (Lipinski definition) is 3. The lowest BCUT2D eigenvalue weighted by Crippen LogP contribution is -2.04. The molecule has 0 radical (unpaired) electrons. The van der Waals surface area contributed by atoms with Crippen LogP contribution in [0, 0.1) is 0 Å². The highest BCUT2D eigenvalue weighted by Gasteiger charge is 2.30. The minimum Gasteiger partial charge on any atom is -0.457 e. The molecular formula is C18H13F3N2O. The van der Waals surface area contributed by atoms with Gasteiger partial charge in [0, 0.05) is 11.8 Å². The molecule has 0 aliphatic rings. The summed E-state index contributed by atoms with van der Waals surface area (Å²) in [6, 6.07) is 15.2. The maximum atomic E-state index is 12.7. The van der Waals surface area contributed by atoms with E-state index >= 15 is 0 Å². The highest BCUT2D eigenvalue weighted by Crippen LogP contribution is 2.33. The average molecular weight is 330 g/mol. The zero-order valence-electron chi connectivity index (χ0n) is 12.4. The van der Waals surface area contributed by atoms with E-state index in [4.69, 9.17) is 10.5 Å². The third-order valence-corrected chi connectivity index (χ3v) is 3.40. The predicted molar refractivity (Wildman–Crippen MR) is 85.6 cm³/mol. The zero-order valence-corrected chi connectivity index (χ0v) is 12.4. The van der Waals surface area contributed by atoms with Crippen molar-refractivity contribution in [1.29, 1.82) is 0 Å². The largest absolute Gasteiger partial charge is 0.457 e. The third-order valence-electron chi connectivity index (χ3n) is 3.40. The van der Waals surface area contributed by atoms with Crippen LogP contribution in [-0.2, 0) is 6.18 Å². The van der Waals surface area contributed by atoms with Crippen LogP contribution in [0.5, 0.6) is 11.5 Å². The van der Waals surface area contributed by atoms with E-state index in [1.807, 2.05) is 6.07 Å². The van der Waals surface area contributed by atoms with Crippen LogP contribution >= 0.6 is 0 Å². The first kappa shape index (κ1) is 15.9. The number of ether oxygens (including phenoxy) is 1. The van der Waals surface area contributed by atoms with Gasteiger partial charge in [-0.15, -0.1) is 0 Å². The molecule has 1 aromatic heterocycles. The molecule has 0 spiro atoms. The van der Waals surface area contributed by atoms with Gasteiger partial charge < -0.3 is 10.5 Å². The zero-order chi connectivity index (χ0) is 17.2. The van der Waals surface area contributed by atoms with Crippen LogP contribution in [0.4, 0.5) is 19.0 Å². The van der Waals surface area contributed by atoms with Crippen molar-refractivity contribution in [3.63, 3.8) is 0 Å². The smallest absolute Gasteiger partial charge is 0.416 e. The van der Waals surface area contributed by atoms with Crippen molar-refractivity contribution >= 4 is 5.82 Å². The standard InChI is InChI=1S/C18H13F3N2O/c19-18(20,21)13-3-1-4-15(11-13)24-14-8-6-12(7-9-14)16-5-2-10-23-17(16)22/h1-11H,(H2,22,23). The number of rotatable bonds is 3. The number of aromatic nitrogens is 1. The molecular weight excluding hydrogens is 317 g/mol. The van der Waals surface area contributed by atoms with Gasteiger partial charge >= 0.3 is 6.18 Å². The molecule has 1 heterocycles. The van der Waals surface area contributed by atoms with Gasteiger partial charge in [-0.2, -0.15) is 13.2 Å². The van der Waals surface area contributed by atoms with Crippen LogP contribution in [0.15, 0.2) is 66.9 Å². The number of halogens is 3. The van der Waals surface area contributed by atoms with Crippen LogP contribution in [0.25, 0.3) is 11.1 Å². The molecule has 0 bridgehead atoms. The molecule has 0 atom stereocenters. The summed E-state index contributed by atoms with van der Waals surface area (Å²) in [4.78, 5) is 4.02. The number of anilines is 1. The van der Waals surface area contributed by atoms with E-state index in [0.717, 1.165) is 23.3 Å². The number of benzene rings is 2. The second kappa shape index (κ2) is 6.23. The van der Waals surface area contributed by atoms with Gasteiger partial charge in [0.1, 0.15) is 17.3 Å². The second-order valence-electron chi connectivity index (χ2n) is 5.09. The number of nitrogen functional groups attached to an aromatic ring is 1. The molecule has 0 aliphatic heterocycles. The molecule has 0 saturated carbocycles. The Kier molecular flexibility index (Phi) is 4.12. The van der Waals surface area contributed by atoms with Crippen molar-refractivity contribution in [3.8, 4) is 22.6 Å². The second-order valence-corrected chi connectivity index (χ2v) is 5.09. The quantitative estimate of drug-likeness (QED) is 0.723. The van der Waals surface area contributed by atoms with E-state index in [0.29, 0.717) is 11.6 Å². The maximum Gasteiger partial charge on any atom is 0.416 e. The van der Waals surface area contributed by atoms with Crippen LogP contribution < -0.4 is 10.5 Å². The summed E-state index contributed by atoms with van der Waals surface area (Å²) in [5, 5.41) is 0. The molecule has 0 saturated heterocycles. The number of nitrogens with zero attached hydrogens (tertiary/aromatic N) is 1. The topological polar surface area (TPSA) is 48.1 Å². The Bertz CT molecular complexity index is 845. The van der Waals surface area contributed by atoms with E-state index in [-0.39, 0.29) is 5.75 Å². The molecule has 0 amide bonds. The summed E-state index contributed by atoms with van der Waals surface area (Å²) < 4.78 is 43.6. The van der Waals surface area contributed by atoms with E-state index in [9.17, 15) is 13.2 Å². The normalized spacial score (nSPS) is 11.3. The molecule has 3 rings (SSSR count). The average Bonchev–Trinajstić information content (AvgIpc) is 2.56. The van der Waals surface area contributed by atoms with Crippen molar-refractivity contribution in [2.24, 2.45) is 0 Å². The predicted octanol–water partition coefficient (Wildman–Crippen LogP) is 5.14. The van der Waals surface area contributed by atoms with E-state index < -0.39 is 11.7 Å². The molecule has 3 nitrogen and oxygen atoms in total. The first-order valence-electron chi connectivity index (χ1n) is 7.09. The van der Waals surface area contributed by atoms with E-state index in [1.54, 1.807) is 36.5 Å². The van der Waals surface area contributed by atoms with Crippen LogP contribution in [0.3, 0.4) is 0 Å². The number of hydrogen-bond donors (Lipinski definition) is 1. The van der Waals surface area contributed by atoms with Gasteiger partial charge in [0.25, 0.3) is 0 Å². The van der Waals surface area contributed by atoms with Crippen LogP contribution in [-0.4, -0.2) is 4.98 Å². The lowest BCUT2D eigenvalue weighted by Gasteiger charge is -2.10. The van der Waals surface area contributed by atoms with Crippen molar-refractivity contribution in [1.82, 2.24) is 4.98 Å². The molecule has 0 aliphatic carbocycles. The Morgan fingerprint density at radius 1 is 0.875 bits per heavy atom. The minimum atomic E-state index is -4.40. The van der Waals surface area contributed by atoms with Crippen LogP contribution in [0.2, 0.25) is 0 Å². The highest BCUT2D eigenvalue weighted by molar-refractivity contribution is 5.73. The van der Waals surface area contributed by atoms with Gasteiger partial charge in [0.2, 0.25) is 0 Å². The Morgan fingerprint density at radius 3 is 2.29 bits per heavy atom. The molecule has 3 aromatic rings. The Labute approximate surface area is 136 Å². The molecule has 24 heavy (non-hydrogen) atoms. The molecule has 2 N–H and O–H groups in total. The highest BCUT2D eigenvalue weighted by atomic mass is 19.4. The first-order chi connectivity index (χ1) is 11.4. The minimum absolute atomic E-state index is 0.124. The van der Waals surface area contributed by atoms with Crippen molar-refractivity contribution in [2.45, 2.75) is 6.18 Å². The summed E-state index contributed by atoms with van der Waals surface area (Å²) in [7, 11) is 0. The van der Waals surface area contributed by atoms with Crippen LogP contribution in [0.1, 0.15) is 5.56 Å². The fourth-order valence-corrected chi connectivity index (χ4v) is 2.24. The fourth-order valence-electron chi connectivity index (χ4n) is 2.24. The number of nitrogens with two attached hydrogens (primary N) is 1. The Hall–Kier alpha value is -3.02. The third kappa shape index (κ3) is 3.48. The summed E-state index contributed by atoms with van der Waals surface area (Å²) in [5.41, 5.74) is 6.70. The van der Waals surface area contributed by atoms with Crippen molar-refractivity contribution in [3.05, 3.63) is 72.4 Å². The van der Waals surface area contributed by atoms with Gasteiger partial charge in [0.15, 0.2) is 0 Å². The van der Waals surface area contributed by atoms with Crippen molar-refractivity contribution in [2.75, 3.05) is 5.73 Å². The number of pyridine rings is 1. The lowest BCUT2D eigenvalue weighted by molar-refractivity contribution is -0.137. The summed E-state index contributed by atoms with van der Waals surface area (Å²) in [6.07, 6.45) is -2.80. The Balaban J connectivity index is 1.81. The van der Waals surface area contributed by atoms with Gasteiger partial charge in [-0.05, 0) is 48.0 Å². The molecule has 2 aromatic carbocycles. The van der Waals surface area contributed by atoms with Gasteiger partial charge in [0.05, 0.1) is 5.56 Å². The molecule has 122 valence electrons. The van der Waals surface area contributed by atoms with Gasteiger partial charge in [-0.25, -0.2) is 4.98 Å². The molecule has 0 unspecified atom stereocenters. The monoisotopic (exact) mass is 330 g/mol. The van der Waals surface area contributed by atoms with Gasteiger partial charge in [-0.1, -0.05) is 18.2 Å². The van der Waals surface area contributed by atoms with E-state index in [1.165, 1.54) is 12.1 Å². The number of alkyl halides is 3. The van der Waals surface area contributed by atoms with E-state index in [2.05, 4.69) is 4.98 Å². The molecule has 6 heteroatoms. The SMILES string of the molecule is Nc1ncccc1-c1ccc(Oc2cccc(C(F)(F)F)c2)cc1. The summed E-state index contributed by atoms with van der Waals surface area (Å²) >= 11 is 0. The van der Waals surface area contributed by atoms with Gasteiger partial charge in [-0.3, -0.25) is 0 Å². The fraction of sp³-hybridized carbons (Fsp3) is 0.0556. The lowest BCUT2D eigenvalue weighted by atomic mass is 10.1. The molecule has 0 fully saturated rings.